The number of aromatic nitrogens is 1. The van der Waals surface area contributed by atoms with Crippen molar-refractivity contribution in [3.8, 4) is 0 Å². The van der Waals surface area contributed by atoms with E-state index in [1.165, 1.54) is 11.8 Å². The monoisotopic (exact) mass is 300 g/mol. The van der Waals surface area contributed by atoms with Gasteiger partial charge in [-0.25, -0.2) is 0 Å². The van der Waals surface area contributed by atoms with E-state index >= 15 is 0 Å². The average Bonchev–Trinajstić information content (AvgIpc) is 2.48. The highest BCUT2D eigenvalue weighted by Crippen LogP contribution is 2.26. The highest BCUT2D eigenvalue weighted by molar-refractivity contribution is 8.00. The number of amides is 1. The van der Waals surface area contributed by atoms with Crippen LogP contribution in [-0.4, -0.2) is 16.1 Å². The molecule has 21 heavy (non-hydrogen) atoms. The summed E-state index contributed by atoms with van der Waals surface area (Å²) in [5.41, 5.74) is 2.06. The fourth-order valence-electron chi connectivity index (χ4n) is 2.02. The number of carbonyl (C=O) groups excluding carboxylic acids is 1. The minimum atomic E-state index is -0.160. The van der Waals surface area contributed by atoms with Crippen LogP contribution in [0, 0.1) is 0 Å². The van der Waals surface area contributed by atoms with E-state index in [0.29, 0.717) is 5.92 Å². The van der Waals surface area contributed by atoms with Crippen molar-refractivity contribution < 1.29 is 4.79 Å². The maximum atomic E-state index is 12.3. The first-order valence-corrected chi connectivity index (χ1v) is 7.92. The number of nitrogens with zero attached hydrogens (tertiary/aromatic N) is 1. The van der Waals surface area contributed by atoms with Gasteiger partial charge in [0.1, 0.15) is 0 Å². The van der Waals surface area contributed by atoms with E-state index < -0.39 is 0 Å². The van der Waals surface area contributed by atoms with Crippen molar-refractivity contribution in [1.82, 2.24) is 4.98 Å². The fourth-order valence-corrected chi connectivity index (χ4v) is 2.88. The first-order chi connectivity index (χ1) is 10.1. The lowest BCUT2D eigenvalue weighted by Gasteiger charge is -2.16. The van der Waals surface area contributed by atoms with Crippen LogP contribution in [0.25, 0.3) is 0 Å². The minimum Gasteiger partial charge on any atom is -0.325 e. The Morgan fingerprint density at radius 2 is 1.76 bits per heavy atom. The molecule has 1 amide bonds. The number of benzene rings is 1. The molecule has 0 fully saturated rings. The second-order valence-corrected chi connectivity index (χ2v) is 6.59. The molecule has 0 bridgehead atoms. The molecular formula is C17H20N2OS. The van der Waals surface area contributed by atoms with Crippen LogP contribution in [-0.2, 0) is 4.79 Å². The number of nitrogens with one attached hydrogen (secondary N) is 1. The van der Waals surface area contributed by atoms with Crippen LogP contribution in [0.3, 0.4) is 0 Å². The van der Waals surface area contributed by atoms with Crippen LogP contribution in [0.4, 0.5) is 5.69 Å². The van der Waals surface area contributed by atoms with Gasteiger partial charge in [0.2, 0.25) is 5.91 Å². The molecule has 1 N–H and O–H groups in total. The van der Waals surface area contributed by atoms with Crippen molar-refractivity contribution in [1.29, 1.82) is 0 Å². The van der Waals surface area contributed by atoms with Gasteiger partial charge in [-0.1, -0.05) is 32.0 Å². The number of para-hydroxylation sites is 1. The Labute approximate surface area is 130 Å². The van der Waals surface area contributed by atoms with E-state index in [4.69, 9.17) is 0 Å². The fraction of sp³-hybridized carbons (Fsp3) is 0.294. The predicted molar refractivity (Wildman–Crippen MR) is 88.7 cm³/mol. The smallest absolute Gasteiger partial charge is 0.237 e. The van der Waals surface area contributed by atoms with Crippen LogP contribution in [0.15, 0.2) is 53.7 Å². The van der Waals surface area contributed by atoms with Crippen molar-refractivity contribution >= 4 is 23.4 Å². The summed E-state index contributed by atoms with van der Waals surface area (Å²) in [5.74, 6) is 0.398. The van der Waals surface area contributed by atoms with Gasteiger partial charge < -0.3 is 5.32 Å². The summed E-state index contributed by atoms with van der Waals surface area (Å²) in [4.78, 5) is 17.4. The highest BCUT2D eigenvalue weighted by atomic mass is 32.2. The maximum Gasteiger partial charge on any atom is 0.237 e. The number of hydrogen-bond donors (Lipinski definition) is 1. The van der Waals surface area contributed by atoms with Gasteiger partial charge in [0.05, 0.1) is 5.25 Å². The molecule has 1 aromatic heterocycles. The Morgan fingerprint density at radius 3 is 2.43 bits per heavy atom. The zero-order chi connectivity index (χ0) is 15.2. The summed E-state index contributed by atoms with van der Waals surface area (Å²) in [6.45, 7) is 6.17. The van der Waals surface area contributed by atoms with Gasteiger partial charge in [0, 0.05) is 23.0 Å². The quantitative estimate of drug-likeness (QED) is 0.836. The highest BCUT2D eigenvalue weighted by Gasteiger charge is 2.16. The van der Waals surface area contributed by atoms with Crippen molar-refractivity contribution in [2.45, 2.75) is 36.8 Å². The zero-order valence-electron chi connectivity index (χ0n) is 12.5. The molecule has 2 rings (SSSR count). The van der Waals surface area contributed by atoms with Gasteiger partial charge >= 0.3 is 0 Å². The first-order valence-electron chi connectivity index (χ1n) is 7.04. The summed E-state index contributed by atoms with van der Waals surface area (Å²) in [6, 6.07) is 11.8. The van der Waals surface area contributed by atoms with Crippen molar-refractivity contribution in [3.63, 3.8) is 0 Å². The van der Waals surface area contributed by atoms with E-state index in [9.17, 15) is 4.79 Å². The third-order valence-electron chi connectivity index (χ3n) is 3.17. The molecule has 3 nitrogen and oxygen atoms in total. The Balaban J connectivity index is 2.04. The van der Waals surface area contributed by atoms with Crippen LogP contribution in [0.5, 0.6) is 0 Å². The largest absolute Gasteiger partial charge is 0.325 e. The van der Waals surface area contributed by atoms with E-state index in [0.717, 1.165) is 16.1 Å². The van der Waals surface area contributed by atoms with Crippen LogP contribution < -0.4 is 5.32 Å². The van der Waals surface area contributed by atoms with E-state index in [-0.39, 0.29) is 11.2 Å². The van der Waals surface area contributed by atoms with Gasteiger partial charge in [0.15, 0.2) is 0 Å². The number of hydrogen-bond acceptors (Lipinski definition) is 3. The van der Waals surface area contributed by atoms with Crippen LogP contribution in [0.2, 0.25) is 0 Å². The van der Waals surface area contributed by atoms with E-state index in [2.05, 4.69) is 30.2 Å². The topological polar surface area (TPSA) is 42.0 Å². The Bertz CT molecular complexity index is 599. The number of pyridine rings is 1. The molecule has 110 valence electrons. The molecule has 0 saturated carbocycles. The summed E-state index contributed by atoms with van der Waals surface area (Å²) in [6.07, 6.45) is 3.47. The molecule has 0 unspecified atom stereocenters. The van der Waals surface area contributed by atoms with Crippen molar-refractivity contribution in [2.75, 3.05) is 5.32 Å². The molecule has 1 heterocycles. The molecule has 4 heteroatoms. The van der Waals surface area contributed by atoms with E-state index in [1.807, 2.05) is 37.3 Å². The number of rotatable bonds is 5. The van der Waals surface area contributed by atoms with Crippen molar-refractivity contribution in [3.05, 3.63) is 54.4 Å². The lowest BCUT2D eigenvalue weighted by Crippen LogP contribution is -2.23. The normalized spacial score (nSPS) is 12.2. The second kappa shape index (κ2) is 7.27. The summed E-state index contributed by atoms with van der Waals surface area (Å²) < 4.78 is 0. The summed E-state index contributed by atoms with van der Waals surface area (Å²) >= 11 is 1.53. The SMILES string of the molecule is CC(C)c1ccccc1NC(=O)[C@H](C)Sc1ccncc1. The molecular weight excluding hydrogens is 280 g/mol. The van der Waals surface area contributed by atoms with Gasteiger partial charge in [-0.15, -0.1) is 11.8 Å². The predicted octanol–water partition coefficient (Wildman–Crippen LogP) is 4.32. The zero-order valence-corrected chi connectivity index (χ0v) is 13.4. The molecule has 0 aliphatic carbocycles. The van der Waals surface area contributed by atoms with Crippen LogP contribution in [0.1, 0.15) is 32.3 Å². The van der Waals surface area contributed by atoms with Gasteiger partial charge in [0.25, 0.3) is 0 Å². The van der Waals surface area contributed by atoms with Gasteiger partial charge in [-0.2, -0.15) is 0 Å². The molecule has 0 aliphatic heterocycles. The first kappa shape index (κ1) is 15.6. The molecule has 0 radical (unpaired) electrons. The maximum absolute atomic E-state index is 12.3. The lowest BCUT2D eigenvalue weighted by molar-refractivity contribution is -0.115. The molecule has 2 aromatic rings. The van der Waals surface area contributed by atoms with Crippen LogP contribution >= 0.6 is 11.8 Å². The molecule has 0 aliphatic rings. The number of carbonyl (C=O) groups is 1. The lowest BCUT2D eigenvalue weighted by atomic mass is 10.0. The standard InChI is InChI=1S/C17H20N2OS/c1-12(2)15-6-4-5-7-16(15)19-17(20)13(3)21-14-8-10-18-11-9-14/h4-13H,1-3H3,(H,19,20)/t13-/m0/s1. The Morgan fingerprint density at radius 1 is 1.10 bits per heavy atom. The Kier molecular flexibility index (Phi) is 5.39. The molecule has 1 aromatic carbocycles. The summed E-state index contributed by atoms with van der Waals surface area (Å²) in [5, 5.41) is 2.88. The van der Waals surface area contributed by atoms with E-state index in [1.54, 1.807) is 12.4 Å². The van der Waals surface area contributed by atoms with Crippen molar-refractivity contribution in [2.24, 2.45) is 0 Å². The Hall–Kier alpha value is -1.81. The average molecular weight is 300 g/mol. The summed E-state index contributed by atoms with van der Waals surface area (Å²) in [7, 11) is 0. The van der Waals surface area contributed by atoms with Gasteiger partial charge in [-0.05, 0) is 36.6 Å². The third-order valence-corrected chi connectivity index (χ3v) is 4.28. The number of thioether (sulfide) groups is 1. The molecule has 0 saturated heterocycles. The third kappa shape index (κ3) is 4.33. The van der Waals surface area contributed by atoms with Gasteiger partial charge in [-0.3, -0.25) is 9.78 Å². The number of anilines is 1. The molecule has 1 atom stereocenters. The molecule has 0 spiro atoms. The second-order valence-electron chi connectivity index (χ2n) is 5.17. The minimum absolute atomic E-state index is 0.0184.